The number of nitrogens with zero attached hydrogens (tertiary/aromatic N) is 1. The zero-order valence-corrected chi connectivity index (χ0v) is 18.6. The Kier molecular flexibility index (Phi) is 7.09. The number of hydrogen-bond donors (Lipinski definition) is 1. The predicted octanol–water partition coefficient (Wildman–Crippen LogP) is 2.20. The molecule has 10 heteroatoms. The second kappa shape index (κ2) is 9.59. The van der Waals surface area contributed by atoms with Crippen molar-refractivity contribution in [3.63, 3.8) is 0 Å². The van der Waals surface area contributed by atoms with E-state index in [4.69, 9.17) is 9.47 Å². The largest absolute Gasteiger partial charge is 0.462 e. The first-order valence-corrected chi connectivity index (χ1v) is 11.1. The van der Waals surface area contributed by atoms with Gasteiger partial charge in [-0.05, 0) is 39.2 Å². The number of carbonyl (C=O) groups is 5. The first kappa shape index (κ1) is 22.9. The molecule has 9 nitrogen and oxygen atoms in total. The van der Waals surface area contributed by atoms with Gasteiger partial charge in [0.15, 0.2) is 6.61 Å². The SMILES string of the molecule is CCOC(=O)c1c(NC(=O)COC(=O)CN2C(=O)[C@H]3CCCC[C@H]3C2=O)sc(C)c1C. The molecule has 3 amide bonds. The first-order chi connectivity index (χ1) is 14.7. The Balaban J connectivity index is 1.55. The summed E-state index contributed by atoms with van der Waals surface area (Å²) in [5.41, 5.74) is 0.989. The molecule has 0 aromatic carbocycles. The lowest BCUT2D eigenvalue weighted by atomic mass is 9.81. The number of nitrogens with one attached hydrogen (secondary N) is 1. The van der Waals surface area contributed by atoms with Crippen LogP contribution in [0.15, 0.2) is 0 Å². The number of anilines is 1. The van der Waals surface area contributed by atoms with E-state index in [-0.39, 0.29) is 35.8 Å². The quantitative estimate of drug-likeness (QED) is 0.500. The van der Waals surface area contributed by atoms with Crippen molar-refractivity contribution in [3.8, 4) is 0 Å². The van der Waals surface area contributed by atoms with Gasteiger partial charge in [0, 0.05) is 4.88 Å². The van der Waals surface area contributed by atoms with E-state index in [1.165, 1.54) is 11.3 Å². The summed E-state index contributed by atoms with van der Waals surface area (Å²) in [5.74, 6) is -3.36. The molecule has 1 saturated carbocycles. The summed E-state index contributed by atoms with van der Waals surface area (Å²) in [5, 5.41) is 2.90. The van der Waals surface area contributed by atoms with Gasteiger partial charge in [-0.2, -0.15) is 0 Å². The van der Waals surface area contributed by atoms with Gasteiger partial charge < -0.3 is 14.8 Å². The molecule has 168 valence electrons. The van der Waals surface area contributed by atoms with Crippen molar-refractivity contribution in [3.05, 3.63) is 16.0 Å². The van der Waals surface area contributed by atoms with Crippen LogP contribution in [0.4, 0.5) is 5.00 Å². The summed E-state index contributed by atoms with van der Waals surface area (Å²) in [6.07, 6.45) is 3.11. The number of esters is 2. The van der Waals surface area contributed by atoms with Gasteiger partial charge in [-0.15, -0.1) is 11.3 Å². The molecule has 2 atom stereocenters. The fourth-order valence-corrected chi connectivity index (χ4v) is 5.10. The average Bonchev–Trinajstić information content (AvgIpc) is 3.14. The lowest BCUT2D eigenvalue weighted by molar-refractivity contribution is -0.154. The topological polar surface area (TPSA) is 119 Å². The monoisotopic (exact) mass is 450 g/mol. The van der Waals surface area contributed by atoms with E-state index >= 15 is 0 Å². The van der Waals surface area contributed by atoms with E-state index in [0.717, 1.165) is 22.6 Å². The molecule has 0 bridgehead atoms. The molecule has 0 radical (unpaired) electrons. The Morgan fingerprint density at radius 2 is 1.68 bits per heavy atom. The lowest BCUT2D eigenvalue weighted by Crippen LogP contribution is -2.37. The summed E-state index contributed by atoms with van der Waals surface area (Å²) in [6, 6.07) is 0. The summed E-state index contributed by atoms with van der Waals surface area (Å²) < 4.78 is 10.0. The number of aryl methyl sites for hydroxylation is 1. The highest BCUT2D eigenvalue weighted by atomic mass is 32.1. The molecule has 1 aliphatic heterocycles. The van der Waals surface area contributed by atoms with Crippen molar-refractivity contribution >= 4 is 46.0 Å². The Morgan fingerprint density at radius 3 is 2.26 bits per heavy atom. The summed E-state index contributed by atoms with van der Waals surface area (Å²) in [7, 11) is 0. The number of likely N-dealkylation sites (tertiary alicyclic amines) is 1. The second-order valence-electron chi connectivity index (χ2n) is 7.68. The van der Waals surface area contributed by atoms with E-state index in [1.807, 2.05) is 6.92 Å². The number of thiophene rings is 1. The third-order valence-corrected chi connectivity index (χ3v) is 6.82. The number of amides is 3. The van der Waals surface area contributed by atoms with Crippen molar-refractivity contribution < 1.29 is 33.4 Å². The third kappa shape index (κ3) is 4.79. The zero-order chi connectivity index (χ0) is 22.7. The van der Waals surface area contributed by atoms with Crippen LogP contribution in [-0.4, -0.2) is 54.3 Å². The van der Waals surface area contributed by atoms with Crippen LogP contribution in [0.3, 0.4) is 0 Å². The van der Waals surface area contributed by atoms with Crippen LogP contribution < -0.4 is 5.32 Å². The van der Waals surface area contributed by atoms with Crippen LogP contribution >= 0.6 is 11.3 Å². The number of hydrogen-bond acceptors (Lipinski definition) is 8. The molecule has 1 aliphatic carbocycles. The Labute approximate surface area is 184 Å². The number of rotatable bonds is 7. The van der Waals surface area contributed by atoms with Gasteiger partial charge in [0.25, 0.3) is 5.91 Å². The molecule has 2 fully saturated rings. The minimum absolute atomic E-state index is 0.202. The van der Waals surface area contributed by atoms with Crippen molar-refractivity contribution in [1.82, 2.24) is 4.90 Å². The molecule has 3 rings (SSSR count). The van der Waals surface area contributed by atoms with Gasteiger partial charge in [0.2, 0.25) is 11.8 Å². The molecular formula is C21H26N2O7S. The average molecular weight is 451 g/mol. The fraction of sp³-hybridized carbons (Fsp3) is 0.571. The first-order valence-electron chi connectivity index (χ1n) is 10.3. The molecule has 0 unspecified atom stereocenters. The molecule has 1 aromatic heterocycles. The fourth-order valence-electron chi connectivity index (χ4n) is 4.03. The Bertz CT molecular complexity index is 899. The zero-order valence-electron chi connectivity index (χ0n) is 17.8. The predicted molar refractivity (Wildman–Crippen MR) is 112 cm³/mol. The molecule has 31 heavy (non-hydrogen) atoms. The Hall–Kier alpha value is -2.75. The highest BCUT2D eigenvalue weighted by molar-refractivity contribution is 7.16. The van der Waals surface area contributed by atoms with Gasteiger partial charge in [-0.1, -0.05) is 12.8 Å². The molecule has 1 saturated heterocycles. The van der Waals surface area contributed by atoms with E-state index in [0.29, 0.717) is 23.4 Å². The number of fused-ring (bicyclic) bond motifs is 1. The normalized spacial score (nSPS) is 20.4. The van der Waals surface area contributed by atoms with E-state index in [1.54, 1.807) is 13.8 Å². The molecule has 2 aliphatic rings. The molecule has 1 aromatic rings. The minimum atomic E-state index is -0.834. The molecule has 2 heterocycles. The van der Waals surface area contributed by atoms with Crippen LogP contribution in [0, 0.1) is 25.7 Å². The van der Waals surface area contributed by atoms with Crippen LogP contribution in [0.2, 0.25) is 0 Å². The van der Waals surface area contributed by atoms with Crippen LogP contribution in [0.5, 0.6) is 0 Å². The standard InChI is InChI=1S/C21H26N2O7S/c1-4-29-21(28)17-11(2)12(3)31-18(17)22-15(24)10-30-16(25)9-23-19(26)13-7-5-6-8-14(13)20(23)27/h13-14H,4-10H2,1-3H3,(H,22,24)/t13-,14+. The highest BCUT2D eigenvalue weighted by Gasteiger charge is 2.48. The third-order valence-electron chi connectivity index (χ3n) is 5.70. The summed E-state index contributed by atoms with van der Waals surface area (Å²) >= 11 is 1.23. The van der Waals surface area contributed by atoms with Crippen LogP contribution in [-0.2, 0) is 28.7 Å². The van der Waals surface area contributed by atoms with Crippen molar-refractivity contribution in [1.29, 1.82) is 0 Å². The number of carbonyl (C=O) groups excluding carboxylic acids is 5. The van der Waals surface area contributed by atoms with Crippen LogP contribution in [0.25, 0.3) is 0 Å². The van der Waals surface area contributed by atoms with Crippen molar-refractivity contribution in [2.45, 2.75) is 46.5 Å². The maximum atomic E-state index is 12.4. The van der Waals surface area contributed by atoms with Gasteiger partial charge in [-0.25, -0.2) is 4.79 Å². The molecular weight excluding hydrogens is 424 g/mol. The smallest absolute Gasteiger partial charge is 0.341 e. The maximum absolute atomic E-state index is 12.4. The van der Waals surface area contributed by atoms with Crippen molar-refractivity contribution in [2.75, 3.05) is 25.1 Å². The van der Waals surface area contributed by atoms with Gasteiger partial charge >= 0.3 is 11.9 Å². The second-order valence-corrected chi connectivity index (χ2v) is 8.90. The van der Waals surface area contributed by atoms with E-state index < -0.39 is 31.0 Å². The van der Waals surface area contributed by atoms with Crippen molar-refractivity contribution in [2.24, 2.45) is 11.8 Å². The Morgan fingerprint density at radius 1 is 1.06 bits per heavy atom. The van der Waals surface area contributed by atoms with E-state index in [9.17, 15) is 24.0 Å². The van der Waals surface area contributed by atoms with Crippen LogP contribution in [0.1, 0.15) is 53.4 Å². The number of ether oxygens (including phenoxy) is 2. The highest BCUT2D eigenvalue weighted by Crippen LogP contribution is 2.38. The van der Waals surface area contributed by atoms with Gasteiger partial charge in [-0.3, -0.25) is 24.1 Å². The lowest BCUT2D eigenvalue weighted by Gasteiger charge is -2.19. The summed E-state index contributed by atoms with van der Waals surface area (Å²) in [6.45, 7) is 4.38. The maximum Gasteiger partial charge on any atom is 0.341 e. The minimum Gasteiger partial charge on any atom is -0.462 e. The summed E-state index contributed by atoms with van der Waals surface area (Å²) in [4.78, 5) is 63.3. The van der Waals surface area contributed by atoms with Gasteiger partial charge in [0.1, 0.15) is 11.5 Å². The van der Waals surface area contributed by atoms with Gasteiger partial charge in [0.05, 0.1) is 24.0 Å². The molecule has 1 N–H and O–H groups in total. The molecule has 0 spiro atoms. The number of imide groups is 1. The van der Waals surface area contributed by atoms with E-state index in [2.05, 4.69) is 5.32 Å².